The molecule has 0 radical (unpaired) electrons. The van der Waals surface area contributed by atoms with Crippen molar-refractivity contribution in [3.8, 4) is 0 Å². The van der Waals surface area contributed by atoms with E-state index in [1.807, 2.05) is 53.1 Å². The number of hydrogen-bond acceptors (Lipinski definition) is 3. The minimum absolute atomic E-state index is 0.0161. The molecule has 1 aliphatic rings. The van der Waals surface area contributed by atoms with Crippen molar-refractivity contribution in [2.45, 2.75) is 32.4 Å². The van der Waals surface area contributed by atoms with Crippen molar-refractivity contribution in [2.24, 2.45) is 0 Å². The van der Waals surface area contributed by atoms with E-state index in [1.165, 1.54) is 6.42 Å². The molecule has 27 heavy (non-hydrogen) atoms. The lowest BCUT2D eigenvalue weighted by molar-refractivity contribution is -0.121. The molecule has 1 unspecified atom stereocenters. The Bertz CT molecular complexity index is 981. The average molecular weight is 363 g/mol. The highest BCUT2D eigenvalue weighted by molar-refractivity contribution is 5.94. The molecule has 2 aromatic carbocycles. The van der Waals surface area contributed by atoms with Gasteiger partial charge in [0.15, 0.2) is 5.43 Å². The number of nitrogens with one attached hydrogen (secondary N) is 1. The number of nitrogens with zero attached hydrogens (tertiary/aromatic N) is 2. The second kappa shape index (κ2) is 7.53. The Balaban J connectivity index is 1.63. The maximum atomic E-state index is 12.8. The Morgan fingerprint density at radius 2 is 1.70 bits per heavy atom. The summed E-state index contributed by atoms with van der Waals surface area (Å²) < 4.78 is 1.95. The van der Waals surface area contributed by atoms with Gasteiger partial charge in [0.05, 0.1) is 11.0 Å². The predicted octanol–water partition coefficient (Wildman–Crippen LogP) is 2.76. The van der Waals surface area contributed by atoms with Crippen LogP contribution in [0.5, 0.6) is 0 Å². The maximum Gasteiger partial charge on any atom is 0.240 e. The molecule has 1 atom stereocenters. The number of amides is 1. The molecule has 0 saturated carbocycles. The van der Waals surface area contributed by atoms with E-state index in [4.69, 9.17) is 0 Å². The first-order valence-electron chi connectivity index (χ1n) is 9.70. The third-order valence-corrected chi connectivity index (χ3v) is 5.62. The number of rotatable bonds is 5. The maximum absolute atomic E-state index is 12.8. The Morgan fingerprint density at radius 1 is 1.07 bits per heavy atom. The zero-order valence-corrected chi connectivity index (χ0v) is 15.6. The normalized spacial score (nSPS) is 17.6. The average Bonchev–Trinajstić information content (AvgIpc) is 3.17. The summed E-state index contributed by atoms with van der Waals surface area (Å²) in [5.41, 5.74) is 1.61. The summed E-state index contributed by atoms with van der Waals surface area (Å²) in [6, 6.07) is 15.4. The summed E-state index contributed by atoms with van der Waals surface area (Å²) in [4.78, 5) is 27.9. The first-order chi connectivity index (χ1) is 13.2. The first kappa shape index (κ1) is 17.7. The highest BCUT2D eigenvalue weighted by Crippen LogP contribution is 2.19. The van der Waals surface area contributed by atoms with E-state index >= 15 is 0 Å². The third kappa shape index (κ3) is 3.35. The number of para-hydroxylation sites is 2. The fraction of sp³-hybridized carbons (Fsp3) is 0.364. The van der Waals surface area contributed by atoms with Gasteiger partial charge in [0.2, 0.25) is 5.91 Å². The van der Waals surface area contributed by atoms with Gasteiger partial charge in [-0.15, -0.1) is 0 Å². The monoisotopic (exact) mass is 363 g/mol. The van der Waals surface area contributed by atoms with Crippen molar-refractivity contribution in [3.63, 3.8) is 0 Å². The van der Waals surface area contributed by atoms with Gasteiger partial charge in [0.25, 0.3) is 0 Å². The molecule has 4 rings (SSSR count). The number of likely N-dealkylation sites (N-methyl/N-ethyl adjacent to an activating group) is 1. The highest BCUT2D eigenvalue weighted by Gasteiger charge is 2.23. The Labute approximate surface area is 158 Å². The molecule has 1 aromatic heterocycles. The van der Waals surface area contributed by atoms with Gasteiger partial charge < -0.3 is 9.88 Å². The molecule has 1 saturated heterocycles. The van der Waals surface area contributed by atoms with Gasteiger partial charge in [-0.05, 0) is 50.2 Å². The van der Waals surface area contributed by atoms with E-state index in [2.05, 4.69) is 17.1 Å². The molecule has 1 N–H and O–H groups in total. The molecule has 140 valence electrons. The van der Waals surface area contributed by atoms with E-state index in [9.17, 15) is 9.59 Å². The SMILES string of the molecule is CCN1CCCC1CNC(=O)Cn1c2ccccc2c(=O)c2ccccc21. The molecule has 2 heterocycles. The molecule has 0 bridgehead atoms. The van der Waals surface area contributed by atoms with Crippen LogP contribution in [-0.4, -0.2) is 41.1 Å². The van der Waals surface area contributed by atoms with E-state index in [-0.39, 0.29) is 17.9 Å². The minimum Gasteiger partial charge on any atom is -0.353 e. The molecule has 3 aromatic rings. The standard InChI is InChI=1S/C22H25N3O2/c1-2-24-13-7-8-16(24)14-23-21(26)15-25-19-11-5-3-9-17(19)22(27)18-10-4-6-12-20(18)25/h3-6,9-12,16H,2,7-8,13-15H2,1H3,(H,23,26). The third-order valence-electron chi connectivity index (χ3n) is 5.62. The number of benzene rings is 2. The van der Waals surface area contributed by atoms with Crippen LogP contribution in [0.15, 0.2) is 53.3 Å². The summed E-state index contributed by atoms with van der Waals surface area (Å²) in [7, 11) is 0. The van der Waals surface area contributed by atoms with Crippen LogP contribution in [0.2, 0.25) is 0 Å². The van der Waals surface area contributed by atoms with Crippen LogP contribution in [0.4, 0.5) is 0 Å². The Morgan fingerprint density at radius 3 is 2.33 bits per heavy atom. The van der Waals surface area contributed by atoms with Crippen molar-refractivity contribution in [2.75, 3.05) is 19.6 Å². The van der Waals surface area contributed by atoms with Gasteiger partial charge >= 0.3 is 0 Å². The van der Waals surface area contributed by atoms with Crippen LogP contribution in [0.3, 0.4) is 0 Å². The van der Waals surface area contributed by atoms with E-state index in [0.29, 0.717) is 23.4 Å². The van der Waals surface area contributed by atoms with E-state index in [0.717, 1.165) is 30.5 Å². The zero-order valence-electron chi connectivity index (χ0n) is 15.6. The largest absolute Gasteiger partial charge is 0.353 e. The summed E-state index contributed by atoms with van der Waals surface area (Å²) in [6.07, 6.45) is 2.33. The number of aromatic nitrogens is 1. The molecular weight excluding hydrogens is 338 g/mol. The molecule has 5 nitrogen and oxygen atoms in total. The number of pyridine rings is 1. The number of fused-ring (bicyclic) bond motifs is 2. The smallest absolute Gasteiger partial charge is 0.240 e. The van der Waals surface area contributed by atoms with Crippen molar-refractivity contribution >= 4 is 27.7 Å². The highest BCUT2D eigenvalue weighted by atomic mass is 16.2. The minimum atomic E-state index is -0.0168. The second-order valence-corrected chi connectivity index (χ2v) is 7.18. The lowest BCUT2D eigenvalue weighted by atomic mass is 10.1. The quantitative estimate of drug-likeness (QED) is 0.709. The van der Waals surface area contributed by atoms with Gasteiger partial charge in [0.1, 0.15) is 6.54 Å². The van der Waals surface area contributed by atoms with Crippen molar-refractivity contribution in [1.82, 2.24) is 14.8 Å². The predicted molar refractivity (Wildman–Crippen MR) is 109 cm³/mol. The van der Waals surface area contributed by atoms with Gasteiger partial charge in [-0.2, -0.15) is 0 Å². The van der Waals surface area contributed by atoms with Crippen LogP contribution in [-0.2, 0) is 11.3 Å². The summed E-state index contributed by atoms with van der Waals surface area (Å²) in [5, 5.41) is 4.40. The zero-order chi connectivity index (χ0) is 18.8. The van der Waals surface area contributed by atoms with Crippen LogP contribution in [0.25, 0.3) is 21.8 Å². The molecule has 1 fully saturated rings. The Hall–Kier alpha value is -2.66. The molecule has 0 spiro atoms. The summed E-state index contributed by atoms with van der Waals surface area (Å²) in [5.74, 6) is -0.0168. The molecule has 1 aliphatic heterocycles. The fourth-order valence-electron chi connectivity index (χ4n) is 4.22. The van der Waals surface area contributed by atoms with Gasteiger partial charge in [-0.3, -0.25) is 14.5 Å². The van der Waals surface area contributed by atoms with Crippen LogP contribution in [0.1, 0.15) is 19.8 Å². The van der Waals surface area contributed by atoms with Crippen molar-refractivity contribution in [1.29, 1.82) is 0 Å². The van der Waals surface area contributed by atoms with E-state index in [1.54, 1.807) is 0 Å². The lowest BCUT2D eigenvalue weighted by Crippen LogP contribution is -2.41. The number of hydrogen-bond donors (Lipinski definition) is 1. The van der Waals surface area contributed by atoms with Crippen LogP contribution >= 0.6 is 0 Å². The molecule has 0 aliphatic carbocycles. The number of likely N-dealkylation sites (tertiary alicyclic amines) is 1. The Kier molecular flexibility index (Phi) is 4.94. The van der Waals surface area contributed by atoms with Crippen LogP contribution < -0.4 is 10.7 Å². The molecule has 5 heteroatoms. The summed E-state index contributed by atoms with van der Waals surface area (Å²) >= 11 is 0. The molecule has 1 amide bonds. The van der Waals surface area contributed by atoms with Crippen molar-refractivity contribution in [3.05, 3.63) is 58.8 Å². The lowest BCUT2D eigenvalue weighted by Gasteiger charge is -2.23. The first-order valence-corrected chi connectivity index (χ1v) is 9.70. The van der Waals surface area contributed by atoms with Crippen LogP contribution in [0, 0.1) is 0 Å². The van der Waals surface area contributed by atoms with E-state index < -0.39 is 0 Å². The number of carbonyl (C=O) groups excluding carboxylic acids is 1. The summed E-state index contributed by atoms with van der Waals surface area (Å²) in [6.45, 7) is 5.20. The number of carbonyl (C=O) groups is 1. The molecular formula is C22H25N3O2. The second-order valence-electron chi connectivity index (χ2n) is 7.18. The van der Waals surface area contributed by atoms with Gasteiger partial charge in [-0.1, -0.05) is 31.2 Å². The topological polar surface area (TPSA) is 54.3 Å². The van der Waals surface area contributed by atoms with Gasteiger partial charge in [-0.25, -0.2) is 0 Å². The van der Waals surface area contributed by atoms with Crippen molar-refractivity contribution < 1.29 is 4.79 Å². The fourth-order valence-corrected chi connectivity index (χ4v) is 4.22. The van der Waals surface area contributed by atoms with Gasteiger partial charge in [0, 0.05) is 23.4 Å².